The van der Waals surface area contributed by atoms with Crippen molar-refractivity contribution in [3.05, 3.63) is 30.1 Å². The lowest BCUT2D eigenvalue weighted by molar-refractivity contribution is -0.117. The fourth-order valence-corrected chi connectivity index (χ4v) is 4.45. The van der Waals surface area contributed by atoms with Gasteiger partial charge >= 0.3 is 0 Å². The molecule has 0 saturated heterocycles. The number of rotatable bonds is 5. The van der Waals surface area contributed by atoms with Gasteiger partial charge in [0.2, 0.25) is 0 Å². The highest BCUT2D eigenvalue weighted by Crippen LogP contribution is 2.49. The van der Waals surface area contributed by atoms with Crippen LogP contribution in [0.4, 0.5) is 4.39 Å². The van der Waals surface area contributed by atoms with Crippen LogP contribution in [0, 0.1) is 23.6 Å². The van der Waals surface area contributed by atoms with Crippen molar-refractivity contribution >= 4 is 17.5 Å². The Kier molecular flexibility index (Phi) is 3.92. The summed E-state index contributed by atoms with van der Waals surface area (Å²) in [5, 5.41) is 0. The van der Waals surface area contributed by atoms with Gasteiger partial charge < -0.3 is 0 Å². The Morgan fingerprint density at radius 1 is 1.21 bits per heavy atom. The normalized spacial score (nSPS) is 28.8. The van der Waals surface area contributed by atoms with Gasteiger partial charge in [0.1, 0.15) is 11.6 Å². The van der Waals surface area contributed by atoms with Crippen LogP contribution in [-0.2, 0) is 4.79 Å². The van der Waals surface area contributed by atoms with E-state index in [1.54, 1.807) is 12.1 Å². The zero-order valence-corrected chi connectivity index (χ0v) is 11.8. The molecule has 2 aliphatic rings. The van der Waals surface area contributed by atoms with Crippen molar-refractivity contribution in [1.29, 1.82) is 0 Å². The Morgan fingerprint density at radius 2 is 2.00 bits per heavy atom. The Labute approximate surface area is 118 Å². The maximum atomic E-state index is 12.8. The van der Waals surface area contributed by atoms with Crippen LogP contribution in [-0.4, -0.2) is 11.5 Å². The molecule has 2 saturated carbocycles. The second-order valence-corrected chi connectivity index (χ2v) is 6.97. The zero-order valence-electron chi connectivity index (χ0n) is 11.0. The molecule has 0 radical (unpaired) electrons. The van der Waals surface area contributed by atoms with Gasteiger partial charge in [-0.25, -0.2) is 4.39 Å². The summed E-state index contributed by atoms with van der Waals surface area (Å²) in [4.78, 5) is 13.0. The van der Waals surface area contributed by atoms with E-state index in [-0.39, 0.29) is 5.82 Å². The Hall–Kier alpha value is -0.830. The number of benzene rings is 1. The van der Waals surface area contributed by atoms with Crippen LogP contribution in [0.1, 0.15) is 32.1 Å². The summed E-state index contributed by atoms with van der Waals surface area (Å²) in [5.74, 6) is 3.04. The molecular weight excluding hydrogens is 259 g/mol. The number of hydrogen-bond acceptors (Lipinski definition) is 2. The number of hydrogen-bond donors (Lipinski definition) is 0. The number of carbonyl (C=O) groups excluding carboxylic acids is 1. The van der Waals surface area contributed by atoms with Gasteiger partial charge in [-0.05, 0) is 61.3 Å². The summed E-state index contributed by atoms with van der Waals surface area (Å²) in [5.41, 5.74) is 0. The molecular formula is C16H19FOS. The smallest absolute Gasteiger partial charge is 0.143 e. The zero-order chi connectivity index (χ0) is 13.2. The molecule has 3 atom stereocenters. The summed E-state index contributed by atoms with van der Waals surface area (Å²) in [6.07, 6.45) is 6.13. The second-order valence-electron chi connectivity index (χ2n) is 5.92. The predicted molar refractivity (Wildman–Crippen MR) is 75.7 cm³/mol. The van der Waals surface area contributed by atoms with Crippen LogP contribution in [0.5, 0.6) is 0 Å². The first-order valence-corrected chi connectivity index (χ1v) is 8.09. The van der Waals surface area contributed by atoms with E-state index in [0.29, 0.717) is 17.5 Å². The molecule has 1 aromatic rings. The molecule has 2 fully saturated rings. The SMILES string of the molecule is O=C(CSc1ccc(F)cc1)CC1CC2CCC1C2. The molecule has 3 rings (SSSR count). The number of halogens is 1. The van der Waals surface area contributed by atoms with Crippen LogP contribution in [0.3, 0.4) is 0 Å². The molecule has 19 heavy (non-hydrogen) atoms. The minimum absolute atomic E-state index is 0.224. The molecule has 0 heterocycles. The van der Waals surface area contributed by atoms with E-state index < -0.39 is 0 Å². The Bertz CT molecular complexity index is 456. The summed E-state index contributed by atoms with van der Waals surface area (Å²) in [6, 6.07) is 6.38. The van der Waals surface area contributed by atoms with Gasteiger partial charge in [-0.1, -0.05) is 6.42 Å². The lowest BCUT2D eigenvalue weighted by Crippen LogP contribution is -2.16. The molecule has 2 aliphatic carbocycles. The molecule has 0 N–H and O–H groups in total. The van der Waals surface area contributed by atoms with Gasteiger partial charge in [-0.3, -0.25) is 4.79 Å². The molecule has 1 nitrogen and oxygen atoms in total. The van der Waals surface area contributed by atoms with Crippen LogP contribution >= 0.6 is 11.8 Å². The third-order valence-electron chi connectivity index (χ3n) is 4.59. The van der Waals surface area contributed by atoms with Gasteiger partial charge in [0.15, 0.2) is 0 Å². The number of Topliss-reactive ketones (excluding diaryl/α,β-unsaturated/α-hetero) is 1. The average Bonchev–Trinajstić information content (AvgIpc) is 3.00. The van der Waals surface area contributed by atoms with Gasteiger partial charge in [0.25, 0.3) is 0 Å². The van der Waals surface area contributed by atoms with Crippen molar-refractivity contribution in [2.75, 3.05) is 5.75 Å². The van der Waals surface area contributed by atoms with Crippen molar-refractivity contribution in [2.45, 2.75) is 37.0 Å². The van der Waals surface area contributed by atoms with E-state index in [0.717, 1.165) is 23.2 Å². The van der Waals surface area contributed by atoms with Crippen molar-refractivity contribution in [2.24, 2.45) is 17.8 Å². The van der Waals surface area contributed by atoms with Crippen molar-refractivity contribution in [1.82, 2.24) is 0 Å². The van der Waals surface area contributed by atoms with Crippen LogP contribution in [0.2, 0.25) is 0 Å². The molecule has 3 heteroatoms. The number of fused-ring (bicyclic) bond motifs is 2. The van der Waals surface area contributed by atoms with Gasteiger partial charge in [0, 0.05) is 11.3 Å². The highest BCUT2D eigenvalue weighted by atomic mass is 32.2. The van der Waals surface area contributed by atoms with Crippen molar-refractivity contribution in [3.8, 4) is 0 Å². The highest BCUT2D eigenvalue weighted by molar-refractivity contribution is 8.00. The largest absolute Gasteiger partial charge is 0.299 e. The van der Waals surface area contributed by atoms with Gasteiger partial charge in [0.05, 0.1) is 5.75 Å². The minimum atomic E-state index is -0.224. The molecule has 0 spiro atoms. The van der Waals surface area contributed by atoms with E-state index >= 15 is 0 Å². The maximum absolute atomic E-state index is 12.8. The topological polar surface area (TPSA) is 17.1 Å². The Morgan fingerprint density at radius 3 is 2.63 bits per heavy atom. The van der Waals surface area contributed by atoms with Crippen LogP contribution in [0.25, 0.3) is 0 Å². The molecule has 102 valence electrons. The van der Waals surface area contributed by atoms with E-state index in [1.807, 2.05) is 0 Å². The van der Waals surface area contributed by atoms with Gasteiger partial charge in [-0.2, -0.15) is 0 Å². The number of carbonyl (C=O) groups is 1. The molecule has 0 aliphatic heterocycles. The first-order chi connectivity index (χ1) is 9.20. The maximum Gasteiger partial charge on any atom is 0.143 e. The molecule has 0 aromatic heterocycles. The fraction of sp³-hybridized carbons (Fsp3) is 0.562. The summed E-state index contributed by atoms with van der Waals surface area (Å²) >= 11 is 1.52. The summed E-state index contributed by atoms with van der Waals surface area (Å²) in [7, 11) is 0. The van der Waals surface area contributed by atoms with Gasteiger partial charge in [-0.15, -0.1) is 11.8 Å². The highest BCUT2D eigenvalue weighted by Gasteiger charge is 2.39. The summed E-state index contributed by atoms with van der Waals surface area (Å²) in [6.45, 7) is 0. The van der Waals surface area contributed by atoms with Crippen LogP contribution < -0.4 is 0 Å². The minimum Gasteiger partial charge on any atom is -0.299 e. The van der Waals surface area contributed by atoms with Crippen molar-refractivity contribution in [3.63, 3.8) is 0 Å². The number of thioether (sulfide) groups is 1. The fourth-order valence-electron chi connectivity index (χ4n) is 3.67. The third kappa shape index (κ3) is 3.19. The first kappa shape index (κ1) is 13.2. The Balaban J connectivity index is 1.45. The summed E-state index contributed by atoms with van der Waals surface area (Å²) < 4.78 is 12.8. The van der Waals surface area contributed by atoms with E-state index in [1.165, 1.54) is 49.6 Å². The second kappa shape index (κ2) is 5.66. The van der Waals surface area contributed by atoms with Crippen molar-refractivity contribution < 1.29 is 9.18 Å². The molecule has 2 bridgehead atoms. The standard InChI is InChI=1S/C16H19FOS/c17-14-3-5-16(6-4-14)19-10-15(18)9-13-8-11-1-2-12(13)7-11/h3-6,11-13H,1-2,7-10H2. The monoisotopic (exact) mass is 278 g/mol. The van der Waals surface area contributed by atoms with E-state index in [9.17, 15) is 9.18 Å². The molecule has 3 unspecified atom stereocenters. The number of ketones is 1. The quantitative estimate of drug-likeness (QED) is 0.746. The van der Waals surface area contributed by atoms with E-state index in [2.05, 4.69) is 0 Å². The average molecular weight is 278 g/mol. The third-order valence-corrected chi connectivity index (χ3v) is 5.66. The molecule has 0 amide bonds. The predicted octanol–water partition coefficient (Wildman–Crippen LogP) is 4.31. The molecule has 1 aromatic carbocycles. The van der Waals surface area contributed by atoms with Crippen LogP contribution in [0.15, 0.2) is 29.2 Å². The lowest BCUT2D eigenvalue weighted by atomic mass is 9.85. The van der Waals surface area contributed by atoms with E-state index in [4.69, 9.17) is 0 Å². The lowest BCUT2D eigenvalue weighted by Gasteiger charge is -2.20. The first-order valence-electron chi connectivity index (χ1n) is 7.11.